The van der Waals surface area contributed by atoms with E-state index in [9.17, 15) is 4.79 Å². The smallest absolute Gasteiger partial charge is 0.293 e. The lowest BCUT2D eigenvalue weighted by Gasteiger charge is -2.18. The minimum Gasteiger partial charge on any atom is -0.481 e. The minimum atomic E-state index is -0.157. The lowest BCUT2D eigenvalue weighted by atomic mass is 10.1. The quantitative estimate of drug-likeness (QED) is 0.764. The standard InChI is InChI=1S/C13H16N6O2/c1-18-8-16-11(17-18)13(20)19-5-3-9-10(4-6-19)14-7-15-12(9)21-2/h7-8H,3-6H2,1-2H3. The van der Waals surface area contributed by atoms with Gasteiger partial charge in [0.15, 0.2) is 0 Å². The molecular formula is C13H16N6O2. The van der Waals surface area contributed by atoms with Crippen molar-refractivity contribution in [2.24, 2.45) is 7.05 Å². The molecular weight excluding hydrogens is 272 g/mol. The number of carbonyl (C=O) groups excluding carboxylic acids is 1. The van der Waals surface area contributed by atoms with Gasteiger partial charge in [0.05, 0.1) is 12.8 Å². The molecule has 110 valence electrons. The number of nitrogens with zero attached hydrogens (tertiary/aromatic N) is 6. The van der Waals surface area contributed by atoms with Gasteiger partial charge in [0, 0.05) is 32.1 Å². The fourth-order valence-corrected chi connectivity index (χ4v) is 2.45. The second-order valence-corrected chi connectivity index (χ2v) is 4.84. The molecule has 1 aliphatic heterocycles. The topological polar surface area (TPSA) is 86.0 Å². The summed E-state index contributed by atoms with van der Waals surface area (Å²) in [6.07, 6.45) is 4.36. The molecule has 3 heterocycles. The van der Waals surface area contributed by atoms with Gasteiger partial charge in [-0.1, -0.05) is 0 Å². The molecule has 1 aliphatic rings. The molecule has 2 aromatic heterocycles. The molecule has 2 aromatic rings. The Labute approximate surface area is 121 Å². The van der Waals surface area contributed by atoms with Gasteiger partial charge in [0.1, 0.15) is 12.7 Å². The number of rotatable bonds is 2. The van der Waals surface area contributed by atoms with Crippen LogP contribution < -0.4 is 4.74 Å². The van der Waals surface area contributed by atoms with Crippen LogP contribution in [0.2, 0.25) is 0 Å². The van der Waals surface area contributed by atoms with Crippen LogP contribution in [0.1, 0.15) is 21.9 Å². The zero-order chi connectivity index (χ0) is 14.8. The number of ether oxygens (including phenoxy) is 1. The summed E-state index contributed by atoms with van der Waals surface area (Å²) in [5, 5.41) is 4.06. The van der Waals surface area contributed by atoms with Crippen molar-refractivity contribution in [3.8, 4) is 5.88 Å². The fourth-order valence-electron chi connectivity index (χ4n) is 2.45. The Morgan fingerprint density at radius 3 is 2.76 bits per heavy atom. The van der Waals surface area contributed by atoms with Crippen molar-refractivity contribution in [1.29, 1.82) is 0 Å². The number of hydrogen-bond acceptors (Lipinski definition) is 6. The third-order valence-electron chi connectivity index (χ3n) is 3.52. The van der Waals surface area contributed by atoms with Crippen LogP contribution in [0.3, 0.4) is 0 Å². The minimum absolute atomic E-state index is 0.157. The van der Waals surface area contributed by atoms with Gasteiger partial charge in [-0.3, -0.25) is 9.48 Å². The van der Waals surface area contributed by atoms with Crippen molar-refractivity contribution < 1.29 is 9.53 Å². The third kappa shape index (κ3) is 2.56. The predicted octanol–water partition coefficient (Wildman–Crippen LogP) is -0.145. The van der Waals surface area contributed by atoms with E-state index in [-0.39, 0.29) is 11.7 Å². The van der Waals surface area contributed by atoms with Crippen molar-refractivity contribution in [2.45, 2.75) is 12.8 Å². The zero-order valence-electron chi connectivity index (χ0n) is 12.0. The Morgan fingerprint density at radius 1 is 1.24 bits per heavy atom. The van der Waals surface area contributed by atoms with E-state index in [1.54, 1.807) is 19.1 Å². The van der Waals surface area contributed by atoms with Crippen LogP contribution in [-0.2, 0) is 19.9 Å². The van der Waals surface area contributed by atoms with Gasteiger partial charge in [0.25, 0.3) is 5.91 Å². The highest BCUT2D eigenvalue weighted by Gasteiger charge is 2.24. The molecule has 0 aliphatic carbocycles. The van der Waals surface area contributed by atoms with Crippen LogP contribution in [-0.4, -0.2) is 55.7 Å². The summed E-state index contributed by atoms with van der Waals surface area (Å²) >= 11 is 0. The van der Waals surface area contributed by atoms with Crippen LogP contribution in [0.4, 0.5) is 0 Å². The maximum atomic E-state index is 12.4. The SMILES string of the molecule is COc1ncnc2c1CCN(C(=O)c1ncn(C)n1)CC2. The van der Waals surface area contributed by atoms with E-state index in [1.165, 1.54) is 17.3 Å². The van der Waals surface area contributed by atoms with Crippen LogP contribution in [0.15, 0.2) is 12.7 Å². The van der Waals surface area contributed by atoms with Gasteiger partial charge in [0.2, 0.25) is 11.7 Å². The first-order chi connectivity index (χ1) is 10.2. The summed E-state index contributed by atoms with van der Waals surface area (Å²) in [5.41, 5.74) is 1.91. The van der Waals surface area contributed by atoms with Crippen molar-refractivity contribution in [2.75, 3.05) is 20.2 Å². The predicted molar refractivity (Wildman–Crippen MR) is 72.9 cm³/mol. The number of methoxy groups -OCH3 is 1. The molecule has 3 rings (SSSR count). The van der Waals surface area contributed by atoms with E-state index in [2.05, 4.69) is 20.1 Å². The highest BCUT2D eigenvalue weighted by atomic mass is 16.5. The Hall–Kier alpha value is -2.51. The summed E-state index contributed by atoms with van der Waals surface area (Å²) < 4.78 is 6.79. The molecule has 8 nitrogen and oxygen atoms in total. The molecule has 0 atom stereocenters. The molecule has 8 heteroatoms. The number of hydrogen-bond donors (Lipinski definition) is 0. The van der Waals surface area contributed by atoms with Crippen LogP contribution >= 0.6 is 0 Å². The number of aromatic nitrogens is 5. The number of aryl methyl sites for hydroxylation is 1. The second kappa shape index (κ2) is 5.47. The fraction of sp³-hybridized carbons (Fsp3) is 0.462. The number of amides is 1. The van der Waals surface area contributed by atoms with Gasteiger partial charge < -0.3 is 9.64 Å². The normalized spacial score (nSPS) is 14.5. The van der Waals surface area contributed by atoms with Gasteiger partial charge in [-0.05, 0) is 6.42 Å². The molecule has 0 fully saturated rings. The van der Waals surface area contributed by atoms with Crippen molar-refractivity contribution >= 4 is 5.91 Å². The van der Waals surface area contributed by atoms with Crippen molar-refractivity contribution in [3.63, 3.8) is 0 Å². The van der Waals surface area contributed by atoms with Gasteiger partial charge in [-0.2, -0.15) is 0 Å². The molecule has 0 aromatic carbocycles. The van der Waals surface area contributed by atoms with E-state index >= 15 is 0 Å². The molecule has 1 amide bonds. The third-order valence-corrected chi connectivity index (χ3v) is 3.52. The molecule has 21 heavy (non-hydrogen) atoms. The number of carbonyl (C=O) groups is 1. The van der Waals surface area contributed by atoms with Crippen molar-refractivity contribution in [3.05, 3.63) is 29.7 Å². The summed E-state index contributed by atoms with van der Waals surface area (Å²) in [5.74, 6) is 0.655. The summed E-state index contributed by atoms with van der Waals surface area (Å²) in [6.45, 7) is 1.16. The largest absolute Gasteiger partial charge is 0.481 e. The Bertz CT molecular complexity index is 668. The zero-order valence-corrected chi connectivity index (χ0v) is 12.0. The van der Waals surface area contributed by atoms with Crippen LogP contribution in [0.25, 0.3) is 0 Å². The Morgan fingerprint density at radius 2 is 2.05 bits per heavy atom. The molecule has 0 spiro atoms. The first kappa shape index (κ1) is 13.5. The highest BCUT2D eigenvalue weighted by Crippen LogP contribution is 2.22. The second-order valence-electron chi connectivity index (χ2n) is 4.84. The molecule has 0 saturated heterocycles. The first-order valence-electron chi connectivity index (χ1n) is 6.70. The average molecular weight is 288 g/mol. The maximum absolute atomic E-state index is 12.4. The maximum Gasteiger partial charge on any atom is 0.293 e. The molecule has 0 saturated carbocycles. The van der Waals surface area contributed by atoms with Gasteiger partial charge in [-0.15, -0.1) is 5.10 Å². The van der Waals surface area contributed by atoms with Crippen molar-refractivity contribution in [1.82, 2.24) is 29.6 Å². The molecule has 0 bridgehead atoms. The van der Waals surface area contributed by atoms with E-state index in [4.69, 9.17) is 4.74 Å². The van der Waals surface area contributed by atoms with E-state index in [1.807, 2.05) is 0 Å². The molecule has 0 radical (unpaired) electrons. The molecule has 0 N–H and O–H groups in total. The average Bonchev–Trinajstić information content (AvgIpc) is 2.81. The lowest BCUT2D eigenvalue weighted by molar-refractivity contribution is 0.0750. The monoisotopic (exact) mass is 288 g/mol. The van der Waals surface area contributed by atoms with Crippen LogP contribution in [0, 0.1) is 0 Å². The van der Waals surface area contributed by atoms with Gasteiger partial charge >= 0.3 is 0 Å². The van der Waals surface area contributed by atoms with E-state index < -0.39 is 0 Å². The number of fused-ring (bicyclic) bond motifs is 1. The van der Waals surface area contributed by atoms with E-state index in [0.717, 1.165) is 11.3 Å². The Balaban J connectivity index is 1.80. The highest BCUT2D eigenvalue weighted by molar-refractivity contribution is 5.90. The van der Waals surface area contributed by atoms with Gasteiger partial charge in [-0.25, -0.2) is 15.0 Å². The lowest BCUT2D eigenvalue weighted by Crippen LogP contribution is -2.34. The summed E-state index contributed by atoms with van der Waals surface area (Å²) in [4.78, 5) is 26.6. The van der Waals surface area contributed by atoms with E-state index in [0.29, 0.717) is 31.8 Å². The summed E-state index contributed by atoms with van der Waals surface area (Å²) in [7, 11) is 3.33. The summed E-state index contributed by atoms with van der Waals surface area (Å²) in [6, 6.07) is 0. The Kier molecular flexibility index (Phi) is 3.51. The molecule has 0 unspecified atom stereocenters. The van der Waals surface area contributed by atoms with Crippen LogP contribution in [0.5, 0.6) is 5.88 Å². The first-order valence-corrected chi connectivity index (χ1v) is 6.70.